The van der Waals surface area contributed by atoms with Crippen LogP contribution >= 0.6 is 11.6 Å². The van der Waals surface area contributed by atoms with Gasteiger partial charge in [0.05, 0.1) is 12.5 Å². The van der Waals surface area contributed by atoms with E-state index in [1.54, 1.807) is 42.5 Å². The van der Waals surface area contributed by atoms with E-state index in [1.807, 2.05) is 25.1 Å². The molecule has 8 heteroatoms. The number of rotatable bonds is 6. The Morgan fingerprint density at radius 1 is 1.04 bits per heavy atom. The summed E-state index contributed by atoms with van der Waals surface area (Å²) >= 11 is 5.88. The molecule has 148 valence electrons. The first-order chi connectivity index (χ1) is 13.3. The van der Waals surface area contributed by atoms with E-state index in [0.29, 0.717) is 10.6 Å². The lowest BCUT2D eigenvalue weighted by Crippen LogP contribution is -2.43. The third kappa shape index (κ3) is 6.28. The standard InChI is InChI=1S/C20H23ClN4O3/c1-13(26)22-18(14-7-9-16(21)10-8-14)12-19(27)23-24-20(28)15-5-4-6-17(11-15)25(2)3/h4-11,18H,12H2,1-3H3,(H,22,26)(H,23,27)(H,24,28). The van der Waals surface area contributed by atoms with Crippen molar-refractivity contribution in [2.75, 3.05) is 19.0 Å². The van der Waals surface area contributed by atoms with E-state index < -0.39 is 17.9 Å². The molecule has 0 spiro atoms. The molecule has 3 amide bonds. The molecule has 0 aromatic heterocycles. The second-order valence-corrected chi connectivity index (χ2v) is 6.89. The molecule has 1 atom stereocenters. The van der Waals surface area contributed by atoms with Crippen LogP contribution in [0.5, 0.6) is 0 Å². The van der Waals surface area contributed by atoms with Gasteiger partial charge in [0.2, 0.25) is 11.8 Å². The monoisotopic (exact) mass is 402 g/mol. The van der Waals surface area contributed by atoms with Gasteiger partial charge in [0.25, 0.3) is 5.91 Å². The summed E-state index contributed by atoms with van der Waals surface area (Å²) in [5.41, 5.74) is 6.80. The maximum atomic E-state index is 12.3. The van der Waals surface area contributed by atoms with Gasteiger partial charge in [0.1, 0.15) is 0 Å². The molecule has 0 heterocycles. The highest BCUT2D eigenvalue weighted by Crippen LogP contribution is 2.19. The van der Waals surface area contributed by atoms with E-state index in [2.05, 4.69) is 16.2 Å². The average Bonchev–Trinajstić information content (AvgIpc) is 2.66. The highest BCUT2D eigenvalue weighted by atomic mass is 35.5. The fourth-order valence-electron chi connectivity index (χ4n) is 2.55. The van der Waals surface area contributed by atoms with Crippen LogP contribution in [0.15, 0.2) is 48.5 Å². The number of nitrogens with one attached hydrogen (secondary N) is 3. The molecule has 1 unspecified atom stereocenters. The van der Waals surface area contributed by atoms with Gasteiger partial charge in [-0.1, -0.05) is 29.8 Å². The molecule has 0 saturated heterocycles. The Bertz CT molecular complexity index is 853. The zero-order chi connectivity index (χ0) is 20.7. The lowest BCUT2D eigenvalue weighted by atomic mass is 10.0. The summed E-state index contributed by atoms with van der Waals surface area (Å²) in [5, 5.41) is 3.28. The van der Waals surface area contributed by atoms with Crippen molar-refractivity contribution in [3.8, 4) is 0 Å². The molecule has 28 heavy (non-hydrogen) atoms. The predicted octanol–water partition coefficient (Wildman–Crippen LogP) is 2.43. The highest BCUT2D eigenvalue weighted by molar-refractivity contribution is 6.30. The first-order valence-corrected chi connectivity index (χ1v) is 9.03. The predicted molar refractivity (Wildman–Crippen MR) is 109 cm³/mol. The maximum absolute atomic E-state index is 12.3. The third-order valence-corrected chi connectivity index (χ3v) is 4.23. The van der Waals surface area contributed by atoms with Crippen molar-refractivity contribution in [1.82, 2.24) is 16.2 Å². The van der Waals surface area contributed by atoms with Crippen molar-refractivity contribution in [2.24, 2.45) is 0 Å². The van der Waals surface area contributed by atoms with Crippen LogP contribution in [0.25, 0.3) is 0 Å². The van der Waals surface area contributed by atoms with Gasteiger partial charge in [-0.3, -0.25) is 25.2 Å². The Labute approximate surface area is 169 Å². The largest absolute Gasteiger partial charge is 0.378 e. The number of amides is 3. The van der Waals surface area contributed by atoms with E-state index in [0.717, 1.165) is 11.3 Å². The minimum Gasteiger partial charge on any atom is -0.378 e. The van der Waals surface area contributed by atoms with Crippen molar-refractivity contribution in [3.63, 3.8) is 0 Å². The number of anilines is 1. The van der Waals surface area contributed by atoms with Gasteiger partial charge in [0, 0.05) is 37.3 Å². The van der Waals surface area contributed by atoms with E-state index >= 15 is 0 Å². The second kappa shape index (κ2) is 9.75. The molecule has 0 aliphatic rings. The smallest absolute Gasteiger partial charge is 0.269 e. The molecule has 2 aromatic rings. The minimum absolute atomic E-state index is 0.0424. The molecular formula is C20H23ClN4O3. The van der Waals surface area contributed by atoms with Crippen LogP contribution in [0, 0.1) is 0 Å². The maximum Gasteiger partial charge on any atom is 0.269 e. The fourth-order valence-corrected chi connectivity index (χ4v) is 2.68. The summed E-state index contributed by atoms with van der Waals surface area (Å²) in [6.45, 7) is 1.38. The molecule has 0 aliphatic carbocycles. The Balaban J connectivity index is 1.98. The summed E-state index contributed by atoms with van der Waals surface area (Å²) in [7, 11) is 3.75. The first kappa shape index (κ1) is 21.2. The molecule has 0 radical (unpaired) electrons. The van der Waals surface area contributed by atoms with Gasteiger partial charge in [0.15, 0.2) is 0 Å². The van der Waals surface area contributed by atoms with Crippen LogP contribution in [-0.4, -0.2) is 31.8 Å². The van der Waals surface area contributed by atoms with Gasteiger partial charge in [-0.25, -0.2) is 0 Å². The van der Waals surface area contributed by atoms with Crippen molar-refractivity contribution >= 4 is 35.0 Å². The van der Waals surface area contributed by atoms with Crippen molar-refractivity contribution in [3.05, 3.63) is 64.7 Å². The molecule has 7 nitrogen and oxygen atoms in total. The lowest BCUT2D eigenvalue weighted by Gasteiger charge is -2.18. The molecule has 0 bridgehead atoms. The summed E-state index contributed by atoms with van der Waals surface area (Å²) < 4.78 is 0. The molecule has 2 rings (SSSR count). The van der Waals surface area contributed by atoms with E-state index in [-0.39, 0.29) is 12.3 Å². The number of benzene rings is 2. The van der Waals surface area contributed by atoms with Crippen molar-refractivity contribution in [2.45, 2.75) is 19.4 Å². The number of hydrogen-bond donors (Lipinski definition) is 3. The van der Waals surface area contributed by atoms with Gasteiger partial charge < -0.3 is 10.2 Å². The topological polar surface area (TPSA) is 90.5 Å². The number of carbonyl (C=O) groups is 3. The molecular weight excluding hydrogens is 380 g/mol. The zero-order valence-electron chi connectivity index (χ0n) is 16.0. The average molecular weight is 403 g/mol. The molecule has 2 aromatic carbocycles. The number of hydrazine groups is 1. The number of nitrogens with zero attached hydrogens (tertiary/aromatic N) is 1. The quantitative estimate of drug-likeness (QED) is 0.647. The Morgan fingerprint density at radius 2 is 1.71 bits per heavy atom. The Hall–Kier alpha value is -3.06. The van der Waals surface area contributed by atoms with Crippen LogP contribution in [-0.2, 0) is 9.59 Å². The van der Waals surface area contributed by atoms with Gasteiger partial charge >= 0.3 is 0 Å². The third-order valence-electron chi connectivity index (χ3n) is 3.98. The SMILES string of the molecule is CC(=O)NC(CC(=O)NNC(=O)c1cccc(N(C)C)c1)c1ccc(Cl)cc1. The van der Waals surface area contributed by atoms with Crippen molar-refractivity contribution in [1.29, 1.82) is 0 Å². The fraction of sp³-hybridized carbons (Fsp3) is 0.250. The van der Waals surface area contributed by atoms with Crippen LogP contribution in [0.2, 0.25) is 5.02 Å². The molecule has 0 fully saturated rings. The molecule has 3 N–H and O–H groups in total. The van der Waals surface area contributed by atoms with Crippen LogP contribution in [0.1, 0.15) is 35.3 Å². The van der Waals surface area contributed by atoms with E-state index in [1.165, 1.54) is 6.92 Å². The molecule has 0 saturated carbocycles. The van der Waals surface area contributed by atoms with Crippen LogP contribution in [0.4, 0.5) is 5.69 Å². The first-order valence-electron chi connectivity index (χ1n) is 8.65. The van der Waals surface area contributed by atoms with Gasteiger partial charge in [-0.05, 0) is 35.9 Å². The van der Waals surface area contributed by atoms with Crippen LogP contribution < -0.4 is 21.1 Å². The number of halogens is 1. The summed E-state index contributed by atoms with van der Waals surface area (Å²) in [4.78, 5) is 37.9. The number of carbonyl (C=O) groups excluding carboxylic acids is 3. The van der Waals surface area contributed by atoms with Crippen molar-refractivity contribution < 1.29 is 14.4 Å². The Morgan fingerprint density at radius 3 is 2.32 bits per heavy atom. The second-order valence-electron chi connectivity index (χ2n) is 6.46. The summed E-state index contributed by atoms with van der Waals surface area (Å²) in [6.07, 6.45) is -0.0424. The number of hydrogen-bond acceptors (Lipinski definition) is 4. The summed E-state index contributed by atoms with van der Waals surface area (Å²) in [5.74, 6) is -1.14. The van der Waals surface area contributed by atoms with Gasteiger partial charge in [-0.15, -0.1) is 0 Å². The van der Waals surface area contributed by atoms with E-state index in [9.17, 15) is 14.4 Å². The Kier molecular flexibility index (Phi) is 7.40. The zero-order valence-corrected chi connectivity index (χ0v) is 16.7. The highest BCUT2D eigenvalue weighted by Gasteiger charge is 2.18. The normalized spacial score (nSPS) is 11.3. The lowest BCUT2D eigenvalue weighted by molar-refractivity contribution is -0.123. The van der Waals surface area contributed by atoms with E-state index in [4.69, 9.17) is 11.6 Å². The minimum atomic E-state index is -0.538. The van der Waals surface area contributed by atoms with Crippen LogP contribution in [0.3, 0.4) is 0 Å². The van der Waals surface area contributed by atoms with Gasteiger partial charge in [-0.2, -0.15) is 0 Å². The molecule has 0 aliphatic heterocycles. The summed E-state index contributed by atoms with van der Waals surface area (Å²) in [6, 6.07) is 13.3.